The van der Waals surface area contributed by atoms with Crippen LogP contribution in [0.2, 0.25) is 0 Å². The number of nitrogens with zero attached hydrogens (tertiary/aromatic N) is 1. The molecule has 2 aromatic carbocycles. The van der Waals surface area contributed by atoms with Crippen LogP contribution in [0.15, 0.2) is 60.7 Å². The molecule has 1 saturated heterocycles. The van der Waals surface area contributed by atoms with Crippen molar-refractivity contribution in [3.63, 3.8) is 0 Å². The molecule has 0 bridgehead atoms. The second-order valence-corrected chi connectivity index (χ2v) is 7.66. The number of carbonyl (C=O) groups is 2. The molecule has 1 amide bonds. The summed E-state index contributed by atoms with van der Waals surface area (Å²) in [5.74, 6) is -1.08. The first-order valence-corrected chi connectivity index (χ1v) is 10.5. The number of piperidine rings is 1. The molecule has 0 spiro atoms. The monoisotopic (exact) mass is 394 g/mol. The molecule has 0 saturated carbocycles. The zero-order valence-corrected chi connectivity index (χ0v) is 17.0. The lowest BCUT2D eigenvalue weighted by molar-refractivity contribution is -0.153. The Balaban J connectivity index is 1.77. The molecule has 5 nitrogen and oxygen atoms in total. The number of benzene rings is 2. The van der Waals surface area contributed by atoms with Crippen molar-refractivity contribution in [3.8, 4) is 0 Å². The van der Waals surface area contributed by atoms with Gasteiger partial charge in [0.05, 0.1) is 0 Å². The number of nitrogens with one attached hydrogen (secondary N) is 1. The van der Waals surface area contributed by atoms with E-state index >= 15 is 0 Å². The maximum absolute atomic E-state index is 12.9. The van der Waals surface area contributed by atoms with Gasteiger partial charge < -0.3 is 15.3 Å². The SMILES string of the molecule is CCC(=O)N(C1CCNC(CCc2ccccc2)C1)C(C(=O)O)c1ccccc1. The molecule has 1 aliphatic heterocycles. The van der Waals surface area contributed by atoms with Crippen molar-refractivity contribution in [1.29, 1.82) is 0 Å². The van der Waals surface area contributed by atoms with Gasteiger partial charge in [0.15, 0.2) is 6.04 Å². The smallest absolute Gasteiger partial charge is 0.331 e. The number of aliphatic carboxylic acids is 1. The normalized spacial score (nSPS) is 20.0. The van der Waals surface area contributed by atoms with Gasteiger partial charge in [0.1, 0.15) is 0 Å². The first-order valence-electron chi connectivity index (χ1n) is 10.5. The van der Waals surface area contributed by atoms with Crippen molar-refractivity contribution in [1.82, 2.24) is 10.2 Å². The molecular formula is C24H30N2O3. The van der Waals surface area contributed by atoms with Gasteiger partial charge in [-0.2, -0.15) is 0 Å². The van der Waals surface area contributed by atoms with E-state index in [0.717, 1.165) is 32.2 Å². The van der Waals surface area contributed by atoms with Crippen molar-refractivity contribution >= 4 is 11.9 Å². The Morgan fingerprint density at radius 3 is 2.38 bits per heavy atom. The molecule has 0 aromatic heterocycles. The minimum Gasteiger partial charge on any atom is -0.479 e. The van der Waals surface area contributed by atoms with E-state index in [-0.39, 0.29) is 18.0 Å². The lowest BCUT2D eigenvalue weighted by Crippen LogP contribution is -2.52. The Kier molecular flexibility index (Phi) is 7.42. The van der Waals surface area contributed by atoms with E-state index in [2.05, 4.69) is 17.4 Å². The van der Waals surface area contributed by atoms with Crippen molar-refractivity contribution in [3.05, 3.63) is 71.8 Å². The molecule has 3 atom stereocenters. The van der Waals surface area contributed by atoms with Gasteiger partial charge in [0.25, 0.3) is 0 Å². The molecule has 1 fully saturated rings. The third-order valence-electron chi connectivity index (χ3n) is 5.70. The van der Waals surface area contributed by atoms with Gasteiger partial charge in [-0.25, -0.2) is 4.79 Å². The van der Waals surface area contributed by atoms with Gasteiger partial charge >= 0.3 is 5.97 Å². The molecule has 3 unspecified atom stereocenters. The fourth-order valence-corrected chi connectivity index (χ4v) is 4.24. The number of amides is 1. The van der Waals surface area contributed by atoms with Crippen LogP contribution in [0.25, 0.3) is 0 Å². The fourth-order valence-electron chi connectivity index (χ4n) is 4.24. The largest absolute Gasteiger partial charge is 0.479 e. The number of hydrogen-bond acceptors (Lipinski definition) is 3. The summed E-state index contributed by atoms with van der Waals surface area (Å²) >= 11 is 0. The molecular weight excluding hydrogens is 364 g/mol. The van der Waals surface area contributed by atoms with Gasteiger partial charge in [0, 0.05) is 18.5 Å². The topological polar surface area (TPSA) is 69.6 Å². The molecule has 0 radical (unpaired) electrons. The van der Waals surface area contributed by atoms with Crippen LogP contribution in [0.4, 0.5) is 0 Å². The predicted molar refractivity (Wildman–Crippen MR) is 114 cm³/mol. The molecule has 1 heterocycles. The van der Waals surface area contributed by atoms with Crippen LogP contribution in [0.5, 0.6) is 0 Å². The third-order valence-corrected chi connectivity index (χ3v) is 5.70. The third kappa shape index (κ3) is 5.45. The van der Waals surface area contributed by atoms with E-state index in [1.54, 1.807) is 24.0 Å². The van der Waals surface area contributed by atoms with Crippen LogP contribution < -0.4 is 5.32 Å². The Bertz CT molecular complexity index is 794. The lowest BCUT2D eigenvalue weighted by Gasteiger charge is -2.41. The van der Waals surface area contributed by atoms with Gasteiger partial charge in [-0.1, -0.05) is 67.6 Å². The number of carboxylic acid groups (broad SMARTS) is 1. The van der Waals surface area contributed by atoms with Crippen LogP contribution in [-0.4, -0.2) is 40.5 Å². The van der Waals surface area contributed by atoms with E-state index in [1.807, 2.05) is 36.4 Å². The van der Waals surface area contributed by atoms with E-state index in [4.69, 9.17) is 0 Å². The summed E-state index contributed by atoms with van der Waals surface area (Å²) in [5.41, 5.74) is 1.95. The van der Waals surface area contributed by atoms with Gasteiger partial charge in [0.2, 0.25) is 5.91 Å². The van der Waals surface area contributed by atoms with Crippen molar-refractivity contribution in [2.75, 3.05) is 6.54 Å². The highest BCUT2D eigenvalue weighted by Gasteiger charge is 2.37. The van der Waals surface area contributed by atoms with Crippen LogP contribution in [0, 0.1) is 0 Å². The maximum Gasteiger partial charge on any atom is 0.331 e. The molecule has 5 heteroatoms. The second kappa shape index (κ2) is 10.2. The molecule has 0 aliphatic carbocycles. The summed E-state index contributed by atoms with van der Waals surface area (Å²) in [6.07, 6.45) is 3.78. The molecule has 1 aliphatic rings. The molecule has 29 heavy (non-hydrogen) atoms. The Labute approximate surface area is 172 Å². The Morgan fingerprint density at radius 1 is 1.10 bits per heavy atom. The highest BCUT2D eigenvalue weighted by Crippen LogP contribution is 2.29. The van der Waals surface area contributed by atoms with Crippen LogP contribution in [0.3, 0.4) is 0 Å². The molecule has 3 rings (SSSR count). The average molecular weight is 395 g/mol. The van der Waals surface area contributed by atoms with E-state index in [0.29, 0.717) is 12.0 Å². The number of carbonyl (C=O) groups excluding carboxylic acids is 1. The zero-order valence-electron chi connectivity index (χ0n) is 17.0. The van der Waals surface area contributed by atoms with Crippen LogP contribution >= 0.6 is 0 Å². The summed E-state index contributed by atoms with van der Waals surface area (Å²) in [7, 11) is 0. The number of hydrogen-bond donors (Lipinski definition) is 2. The van der Waals surface area contributed by atoms with Crippen molar-refractivity contribution < 1.29 is 14.7 Å². The summed E-state index contributed by atoms with van der Waals surface area (Å²) < 4.78 is 0. The van der Waals surface area contributed by atoms with E-state index in [9.17, 15) is 14.7 Å². The van der Waals surface area contributed by atoms with Gasteiger partial charge in [-0.15, -0.1) is 0 Å². The van der Waals surface area contributed by atoms with Gasteiger partial charge in [-0.3, -0.25) is 4.79 Å². The Hall–Kier alpha value is -2.66. The summed E-state index contributed by atoms with van der Waals surface area (Å²) in [6.45, 7) is 2.59. The minimum atomic E-state index is -0.975. The summed E-state index contributed by atoms with van der Waals surface area (Å²) in [5, 5.41) is 13.5. The van der Waals surface area contributed by atoms with Crippen molar-refractivity contribution in [2.45, 2.75) is 57.2 Å². The second-order valence-electron chi connectivity index (χ2n) is 7.66. The van der Waals surface area contributed by atoms with E-state index in [1.165, 1.54) is 5.56 Å². The number of aryl methyl sites for hydroxylation is 1. The molecule has 154 valence electrons. The first-order chi connectivity index (χ1) is 14.1. The number of carboxylic acids is 1. The van der Waals surface area contributed by atoms with Crippen LogP contribution in [0.1, 0.15) is 49.8 Å². The zero-order chi connectivity index (χ0) is 20.6. The average Bonchev–Trinajstić information content (AvgIpc) is 2.76. The standard InChI is InChI=1S/C24H30N2O3/c1-2-22(27)26(23(24(28)29)19-11-7-4-8-12-19)21-15-16-25-20(17-21)14-13-18-9-5-3-6-10-18/h3-12,20-21,23,25H,2,13-17H2,1H3,(H,28,29). The first kappa shape index (κ1) is 21.1. The predicted octanol–water partition coefficient (Wildman–Crippen LogP) is 3.80. The van der Waals surface area contributed by atoms with Gasteiger partial charge in [-0.05, 0) is 43.4 Å². The minimum absolute atomic E-state index is 0.0780. The maximum atomic E-state index is 12.9. The Morgan fingerprint density at radius 2 is 1.76 bits per heavy atom. The molecule has 2 aromatic rings. The summed E-state index contributed by atoms with van der Waals surface area (Å²) in [6, 6.07) is 18.7. The highest BCUT2D eigenvalue weighted by atomic mass is 16.4. The quantitative estimate of drug-likeness (QED) is 0.714. The molecule has 2 N–H and O–H groups in total. The lowest BCUT2D eigenvalue weighted by atomic mass is 9.91. The fraction of sp³-hybridized carbons (Fsp3) is 0.417. The van der Waals surface area contributed by atoms with Crippen molar-refractivity contribution in [2.24, 2.45) is 0 Å². The van der Waals surface area contributed by atoms with E-state index < -0.39 is 12.0 Å². The number of rotatable bonds is 8. The highest BCUT2D eigenvalue weighted by molar-refractivity contribution is 5.84. The summed E-state index contributed by atoms with van der Waals surface area (Å²) in [4.78, 5) is 26.7. The van der Waals surface area contributed by atoms with Crippen LogP contribution in [-0.2, 0) is 16.0 Å².